The van der Waals surface area contributed by atoms with Crippen LogP contribution in [-0.4, -0.2) is 17.0 Å². The van der Waals surface area contributed by atoms with Crippen LogP contribution in [0.3, 0.4) is 0 Å². The van der Waals surface area contributed by atoms with Crippen LogP contribution in [0.1, 0.15) is 13.8 Å². The quantitative estimate of drug-likeness (QED) is 0.439. The van der Waals surface area contributed by atoms with Crippen LogP contribution in [0.4, 0.5) is 11.4 Å². The van der Waals surface area contributed by atoms with Crippen molar-refractivity contribution in [2.24, 2.45) is 10.5 Å². The molecule has 0 unspecified atom stereocenters. The van der Waals surface area contributed by atoms with Crippen LogP contribution in [0.5, 0.6) is 0 Å². The van der Waals surface area contributed by atoms with Crippen LogP contribution in [0, 0.1) is 19.9 Å². The summed E-state index contributed by atoms with van der Waals surface area (Å²) >= 11 is 0. The zero-order chi connectivity index (χ0) is 13.8. The van der Waals surface area contributed by atoms with Gasteiger partial charge in [-0.05, 0) is 29.4 Å². The number of benzene rings is 1. The molecule has 0 saturated carbocycles. The van der Waals surface area contributed by atoms with Gasteiger partial charge in [-0.3, -0.25) is 10.1 Å². The Morgan fingerprint density at radius 3 is 2.22 bits per heavy atom. The normalized spacial score (nSPS) is 10.8. The van der Waals surface area contributed by atoms with Gasteiger partial charge in [0, 0.05) is 18.8 Å². The molecule has 1 rings (SSSR count). The molecule has 8 heteroatoms. The zero-order valence-corrected chi connectivity index (χ0v) is 9.94. The van der Waals surface area contributed by atoms with Crippen molar-refractivity contribution < 1.29 is 4.92 Å². The van der Waals surface area contributed by atoms with Gasteiger partial charge in [0.25, 0.3) is 0 Å². The van der Waals surface area contributed by atoms with Gasteiger partial charge in [0.15, 0.2) is 0 Å². The van der Waals surface area contributed by atoms with E-state index in [9.17, 15) is 19.9 Å². The van der Waals surface area contributed by atoms with E-state index in [1.54, 1.807) is 0 Å². The second kappa shape index (κ2) is 5.30. The van der Waals surface area contributed by atoms with E-state index in [0.29, 0.717) is 5.69 Å². The summed E-state index contributed by atoms with van der Waals surface area (Å²) in [7, 11) is 0. The van der Waals surface area contributed by atoms with Gasteiger partial charge in [0.2, 0.25) is 5.54 Å². The molecule has 0 saturated heterocycles. The average Bonchev–Trinajstić information content (AvgIpc) is 2.36. The first-order valence-electron chi connectivity index (χ1n) is 5.09. The highest BCUT2D eigenvalue weighted by molar-refractivity contribution is 5.52. The third-order valence-electron chi connectivity index (χ3n) is 2.38. The monoisotopic (exact) mass is 252 g/mol. The summed E-state index contributed by atoms with van der Waals surface area (Å²) in [6.45, 7) is 2.62. The van der Waals surface area contributed by atoms with Gasteiger partial charge in [0.1, 0.15) is 12.2 Å². The van der Waals surface area contributed by atoms with Crippen LogP contribution < -0.4 is 5.01 Å². The van der Waals surface area contributed by atoms with Gasteiger partial charge >= 0.3 is 0 Å². The Labute approximate surface area is 103 Å². The van der Waals surface area contributed by atoms with E-state index in [2.05, 4.69) is 10.5 Å². The highest BCUT2D eigenvalue weighted by atomic mass is 16.6. The molecule has 0 fully saturated rings. The van der Waals surface area contributed by atoms with Crippen LogP contribution in [0.15, 0.2) is 34.7 Å². The van der Waals surface area contributed by atoms with Crippen LogP contribution in [0.25, 0.3) is 0 Å². The number of hydrogen-bond acceptors (Lipinski definition) is 6. The molecular formula is C10H12N4O4. The molecule has 0 aliphatic carbocycles. The fourth-order valence-corrected chi connectivity index (χ4v) is 1.28. The fourth-order valence-electron chi connectivity index (χ4n) is 1.28. The highest BCUT2D eigenvalue weighted by Gasteiger charge is 2.34. The Morgan fingerprint density at radius 2 is 1.83 bits per heavy atom. The smallest absolute Gasteiger partial charge is 0.236 e. The second-order valence-corrected chi connectivity index (χ2v) is 4.32. The minimum atomic E-state index is -1.31. The third kappa shape index (κ3) is 3.06. The lowest BCUT2D eigenvalue weighted by Crippen LogP contribution is -2.42. The van der Waals surface area contributed by atoms with Gasteiger partial charge in [-0.1, -0.05) is 0 Å². The summed E-state index contributed by atoms with van der Waals surface area (Å²) in [4.78, 5) is 31.3. The van der Waals surface area contributed by atoms with Crippen molar-refractivity contribution in [2.75, 3.05) is 11.6 Å². The van der Waals surface area contributed by atoms with Gasteiger partial charge < -0.3 is 0 Å². The largest absolute Gasteiger partial charge is 0.264 e. The summed E-state index contributed by atoms with van der Waals surface area (Å²) < 4.78 is 0. The van der Waals surface area contributed by atoms with Crippen LogP contribution in [-0.2, 0) is 0 Å². The lowest BCUT2D eigenvalue weighted by molar-refractivity contribution is -0.557. The molecule has 0 radical (unpaired) electrons. The van der Waals surface area contributed by atoms with E-state index in [1.807, 2.05) is 0 Å². The number of anilines is 1. The first-order chi connectivity index (χ1) is 8.40. The van der Waals surface area contributed by atoms with Gasteiger partial charge in [-0.2, -0.15) is 0 Å². The molecule has 0 atom stereocenters. The third-order valence-corrected chi connectivity index (χ3v) is 2.38. The molecule has 0 N–H and O–H groups in total. The predicted octanol–water partition coefficient (Wildman–Crippen LogP) is 2.63. The van der Waals surface area contributed by atoms with E-state index in [4.69, 9.17) is 0 Å². The Kier molecular flexibility index (Phi) is 4.03. The molecule has 0 heterocycles. The maximum absolute atomic E-state index is 10.8. The van der Waals surface area contributed by atoms with Crippen molar-refractivity contribution in [3.63, 3.8) is 0 Å². The van der Waals surface area contributed by atoms with E-state index >= 15 is 0 Å². The number of nitro groups is 1. The number of rotatable bonds is 6. The van der Waals surface area contributed by atoms with E-state index in [0.717, 1.165) is 5.01 Å². The van der Waals surface area contributed by atoms with Crippen molar-refractivity contribution >= 4 is 11.4 Å². The molecule has 0 aromatic heterocycles. The number of nitrogens with zero attached hydrogens (tertiary/aromatic N) is 4. The molecule has 1 aromatic rings. The minimum absolute atomic E-state index is 0.169. The zero-order valence-electron chi connectivity index (χ0n) is 9.94. The van der Waals surface area contributed by atoms with E-state index in [-0.39, 0.29) is 12.2 Å². The van der Waals surface area contributed by atoms with E-state index < -0.39 is 10.5 Å². The summed E-state index contributed by atoms with van der Waals surface area (Å²) in [5, 5.41) is 17.2. The van der Waals surface area contributed by atoms with Crippen molar-refractivity contribution in [3.8, 4) is 0 Å². The highest BCUT2D eigenvalue weighted by Crippen LogP contribution is 2.22. The standard InChI is InChI=1S/C10H12N4O4/c1-10(2,14(17)18)7-13(12-16)9-5-3-8(11-15)4-6-9/h3-6H,7H2,1-2H3. The molecule has 0 bridgehead atoms. The minimum Gasteiger partial charge on any atom is -0.264 e. The van der Waals surface area contributed by atoms with Crippen molar-refractivity contribution in [1.29, 1.82) is 0 Å². The second-order valence-electron chi connectivity index (χ2n) is 4.32. The van der Waals surface area contributed by atoms with Gasteiger partial charge in [-0.25, -0.2) is 5.01 Å². The summed E-state index contributed by atoms with van der Waals surface area (Å²) in [6.07, 6.45) is 0. The lowest BCUT2D eigenvalue weighted by Gasteiger charge is -2.22. The Hall–Kier alpha value is -2.38. The predicted molar refractivity (Wildman–Crippen MR) is 66.1 cm³/mol. The molecule has 18 heavy (non-hydrogen) atoms. The van der Waals surface area contributed by atoms with Gasteiger partial charge in [-0.15, -0.1) is 9.81 Å². The van der Waals surface area contributed by atoms with Crippen LogP contribution >= 0.6 is 0 Å². The fraction of sp³-hybridized carbons (Fsp3) is 0.400. The molecule has 0 aliphatic rings. The van der Waals surface area contributed by atoms with Crippen molar-refractivity contribution in [3.05, 3.63) is 44.2 Å². The summed E-state index contributed by atoms with van der Waals surface area (Å²) in [5.74, 6) is 0. The van der Waals surface area contributed by atoms with Crippen molar-refractivity contribution in [2.45, 2.75) is 19.4 Å². The summed E-state index contributed by atoms with van der Waals surface area (Å²) in [5.41, 5.74) is -0.736. The first kappa shape index (κ1) is 13.7. The maximum Gasteiger partial charge on any atom is 0.236 e. The topological polar surface area (TPSA) is 105 Å². The molecule has 0 amide bonds. The molecular weight excluding hydrogens is 240 g/mol. The molecule has 8 nitrogen and oxygen atoms in total. The van der Waals surface area contributed by atoms with Crippen molar-refractivity contribution in [1.82, 2.24) is 0 Å². The lowest BCUT2D eigenvalue weighted by atomic mass is 10.1. The number of hydrogen-bond donors (Lipinski definition) is 0. The van der Waals surface area contributed by atoms with Crippen LogP contribution in [0.2, 0.25) is 0 Å². The Bertz CT molecular complexity index is 457. The Balaban J connectivity index is 2.92. The molecule has 0 aliphatic heterocycles. The molecule has 0 spiro atoms. The molecule has 1 aromatic carbocycles. The molecule has 96 valence electrons. The van der Waals surface area contributed by atoms with Gasteiger partial charge in [0.05, 0.1) is 11.0 Å². The Morgan fingerprint density at radius 1 is 1.28 bits per heavy atom. The maximum atomic E-state index is 10.8. The SMILES string of the molecule is CC(C)(CN(N=O)c1ccc(N=O)cc1)[N+](=O)[O-]. The number of nitroso groups, excluding NO2 is 2. The van der Waals surface area contributed by atoms with E-state index in [1.165, 1.54) is 38.1 Å². The summed E-state index contributed by atoms with van der Waals surface area (Å²) in [6, 6.07) is 5.71. The first-order valence-corrected chi connectivity index (χ1v) is 5.09. The average molecular weight is 252 g/mol.